The largest absolute Gasteiger partial charge is 0.341 e. The Hall–Kier alpha value is -1.51. The van der Waals surface area contributed by atoms with E-state index in [4.69, 9.17) is 5.73 Å². The predicted octanol–water partition coefficient (Wildman–Crippen LogP) is 5.28. The van der Waals surface area contributed by atoms with Crippen molar-refractivity contribution < 1.29 is 0 Å². The highest BCUT2D eigenvalue weighted by Gasteiger charge is 2.13. The topological polar surface area (TPSA) is 30.9 Å². The monoisotopic (exact) mass is 316 g/mol. The number of fused-ring (bicyclic) bond motifs is 3. The van der Waals surface area contributed by atoms with Crippen LogP contribution in [-0.4, -0.2) is 4.57 Å². The second-order valence-corrected chi connectivity index (χ2v) is 6.27. The first-order valence-corrected chi connectivity index (χ1v) is 7.88. The number of aromatic nitrogens is 1. The molecule has 3 aromatic rings. The van der Waals surface area contributed by atoms with E-state index in [1.165, 1.54) is 27.4 Å². The van der Waals surface area contributed by atoms with Gasteiger partial charge in [0.15, 0.2) is 0 Å². The summed E-state index contributed by atoms with van der Waals surface area (Å²) in [6.07, 6.45) is 1.03. The Morgan fingerprint density at radius 1 is 1.00 bits per heavy atom. The Kier molecular flexibility index (Phi) is 5.15. The fourth-order valence-electron chi connectivity index (χ4n) is 3.29. The number of para-hydroxylation sites is 1. The maximum atomic E-state index is 6.36. The first kappa shape index (κ1) is 16.9. The summed E-state index contributed by atoms with van der Waals surface area (Å²) in [5.41, 5.74) is 10.2. The quantitative estimate of drug-likeness (QED) is 0.697. The fourth-order valence-corrected chi connectivity index (χ4v) is 3.29. The molecule has 0 saturated heterocycles. The van der Waals surface area contributed by atoms with Gasteiger partial charge in [0, 0.05) is 34.4 Å². The SMILES string of the molecule is CCn1c2ccccc2c2cc([C@H](N)CC(C)C)ccc21.Cl. The highest BCUT2D eigenvalue weighted by Crippen LogP contribution is 2.31. The summed E-state index contributed by atoms with van der Waals surface area (Å²) < 4.78 is 2.38. The van der Waals surface area contributed by atoms with E-state index < -0.39 is 0 Å². The summed E-state index contributed by atoms with van der Waals surface area (Å²) >= 11 is 0. The first-order valence-electron chi connectivity index (χ1n) is 7.88. The Labute approximate surface area is 138 Å². The van der Waals surface area contributed by atoms with Crippen molar-refractivity contribution in [2.24, 2.45) is 11.7 Å². The molecule has 2 aromatic carbocycles. The van der Waals surface area contributed by atoms with Crippen LogP contribution in [0.25, 0.3) is 21.8 Å². The molecule has 0 bridgehead atoms. The van der Waals surface area contributed by atoms with Gasteiger partial charge in [-0.25, -0.2) is 0 Å². The number of rotatable bonds is 4. The molecule has 2 nitrogen and oxygen atoms in total. The third-order valence-corrected chi connectivity index (χ3v) is 4.27. The maximum Gasteiger partial charge on any atom is 0.0491 e. The lowest BCUT2D eigenvalue weighted by Gasteiger charge is -2.14. The smallest absolute Gasteiger partial charge is 0.0491 e. The van der Waals surface area contributed by atoms with Crippen molar-refractivity contribution in [3.8, 4) is 0 Å². The van der Waals surface area contributed by atoms with Gasteiger partial charge in [0.1, 0.15) is 0 Å². The summed E-state index contributed by atoms with van der Waals surface area (Å²) in [5, 5.41) is 2.65. The molecule has 0 saturated carbocycles. The van der Waals surface area contributed by atoms with Crippen molar-refractivity contribution >= 4 is 34.2 Å². The van der Waals surface area contributed by atoms with Gasteiger partial charge in [-0.3, -0.25) is 0 Å². The molecule has 0 fully saturated rings. The molecule has 22 heavy (non-hydrogen) atoms. The standard InChI is InChI=1S/C19H24N2.ClH/c1-4-21-18-8-6-5-7-15(18)16-12-14(9-10-19(16)21)17(20)11-13(2)3;/h5-10,12-13,17H,4,11,20H2,1-3H3;1H/t17-;/m1./s1. The van der Waals surface area contributed by atoms with E-state index in [0.29, 0.717) is 5.92 Å². The average molecular weight is 317 g/mol. The zero-order valence-corrected chi connectivity index (χ0v) is 14.4. The molecule has 1 heterocycles. The lowest BCUT2D eigenvalue weighted by molar-refractivity contribution is 0.510. The second-order valence-electron chi connectivity index (χ2n) is 6.27. The summed E-state index contributed by atoms with van der Waals surface area (Å²) in [6.45, 7) is 7.63. The Morgan fingerprint density at radius 2 is 1.68 bits per heavy atom. The summed E-state index contributed by atoms with van der Waals surface area (Å²) in [6, 6.07) is 15.5. The molecule has 1 aromatic heterocycles. The molecular weight excluding hydrogens is 292 g/mol. The molecule has 0 aliphatic carbocycles. The number of aryl methyl sites for hydroxylation is 1. The van der Waals surface area contributed by atoms with Gasteiger partial charge < -0.3 is 10.3 Å². The number of nitrogens with zero attached hydrogens (tertiary/aromatic N) is 1. The molecular formula is C19H25ClN2. The molecule has 0 spiro atoms. The number of halogens is 1. The van der Waals surface area contributed by atoms with E-state index in [1.807, 2.05) is 0 Å². The van der Waals surface area contributed by atoms with Gasteiger partial charge in [0.05, 0.1) is 0 Å². The molecule has 0 amide bonds. The van der Waals surface area contributed by atoms with Crippen LogP contribution in [0.3, 0.4) is 0 Å². The summed E-state index contributed by atoms with van der Waals surface area (Å²) in [4.78, 5) is 0. The highest BCUT2D eigenvalue weighted by atomic mass is 35.5. The van der Waals surface area contributed by atoms with Crippen LogP contribution >= 0.6 is 12.4 Å². The number of hydrogen-bond acceptors (Lipinski definition) is 1. The van der Waals surface area contributed by atoms with Crippen LogP contribution < -0.4 is 5.73 Å². The molecule has 0 unspecified atom stereocenters. The minimum atomic E-state index is 0. The third-order valence-electron chi connectivity index (χ3n) is 4.27. The van der Waals surface area contributed by atoms with Crippen LogP contribution in [0.5, 0.6) is 0 Å². The van der Waals surface area contributed by atoms with E-state index in [-0.39, 0.29) is 18.4 Å². The molecule has 3 heteroatoms. The molecule has 118 valence electrons. The van der Waals surface area contributed by atoms with Gasteiger partial charge in [0.2, 0.25) is 0 Å². The first-order chi connectivity index (χ1) is 10.1. The number of benzene rings is 2. The molecule has 3 rings (SSSR count). The fraction of sp³-hybridized carbons (Fsp3) is 0.368. The van der Waals surface area contributed by atoms with Gasteiger partial charge in [-0.15, -0.1) is 12.4 Å². The van der Waals surface area contributed by atoms with Crippen molar-refractivity contribution in [2.75, 3.05) is 0 Å². The van der Waals surface area contributed by atoms with Gasteiger partial charge in [-0.1, -0.05) is 38.1 Å². The lowest BCUT2D eigenvalue weighted by atomic mass is 9.96. The van der Waals surface area contributed by atoms with Gasteiger partial charge in [-0.2, -0.15) is 0 Å². The molecule has 1 atom stereocenters. The van der Waals surface area contributed by atoms with E-state index in [9.17, 15) is 0 Å². The van der Waals surface area contributed by atoms with Crippen LogP contribution in [0.2, 0.25) is 0 Å². The van der Waals surface area contributed by atoms with E-state index >= 15 is 0 Å². The minimum Gasteiger partial charge on any atom is -0.341 e. The van der Waals surface area contributed by atoms with Crippen LogP contribution in [0.1, 0.15) is 38.8 Å². The van der Waals surface area contributed by atoms with Gasteiger partial charge in [-0.05, 0) is 43.0 Å². The number of hydrogen-bond donors (Lipinski definition) is 1. The van der Waals surface area contributed by atoms with E-state index in [0.717, 1.165) is 13.0 Å². The Balaban J connectivity index is 0.00000176. The highest BCUT2D eigenvalue weighted by molar-refractivity contribution is 6.08. The zero-order chi connectivity index (χ0) is 15.0. The number of nitrogens with two attached hydrogens (primary N) is 1. The second kappa shape index (κ2) is 6.72. The Bertz CT molecular complexity index is 774. The van der Waals surface area contributed by atoms with Crippen LogP contribution in [0.4, 0.5) is 0 Å². The van der Waals surface area contributed by atoms with Crippen molar-refractivity contribution in [3.05, 3.63) is 48.0 Å². The predicted molar refractivity (Wildman–Crippen MR) is 98.7 cm³/mol. The van der Waals surface area contributed by atoms with Crippen molar-refractivity contribution in [3.63, 3.8) is 0 Å². The maximum absolute atomic E-state index is 6.36. The Morgan fingerprint density at radius 3 is 2.36 bits per heavy atom. The van der Waals surface area contributed by atoms with E-state index in [1.54, 1.807) is 0 Å². The summed E-state index contributed by atoms with van der Waals surface area (Å²) in [5.74, 6) is 0.618. The van der Waals surface area contributed by atoms with Gasteiger partial charge >= 0.3 is 0 Å². The van der Waals surface area contributed by atoms with Crippen LogP contribution in [-0.2, 0) is 6.54 Å². The van der Waals surface area contributed by atoms with Crippen LogP contribution in [0.15, 0.2) is 42.5 Å². The lowest BCUT2D eigenvalue weighted by Crippen LogP contribution is -2.12. The molecule has 0 aliphatic rings. The summed E-state index contributed by atoms with van der Waals surface area (Å²) in [7, 11) is 0. The van der Waals surface area contributed by atoms with Crippen molar-refractivity contribution in [1.29, 1.82) is 0 Å². The molecule has 2 N–H and O–H groups in total. The van der Waals surface area contributed by atoms with Gasteiger partial charge in [0.25, 0.3) is 0 Å². The zero-order valence-electron chi connectivity index (χ0n) is 13.5. The molecule has 0 aliphatic heterocycles. The third kappa shape index (κ3) is 2.86. The average Bonchev–Trinajstić information content (AvgIpc) is 2.79. The van der Waals surface area contributed by atoms with Crippen LogP contribution in [0, 0.1) is 5.92 Å². The van der Waals surface area contributed by atoms with Crippen molar-refractivity contribution in [1.82, 2.24) is 4.57 Å². The van der Waals surface area contributed by atoms with E-state index in [2.05, 4.69) is 67.8 Å². The molecule has 0 radical (unpaired) electrons. The van der Waals surface area contributed by atoms with Crippen molar-refractivity contribution in [2.45, 2.75) is 39.8 Å². The normalized spacial score (nSPS) is 12.8. The minimum absolute atomic E-state index is 0.